The monoisotopic (exact) mass is 244 g/mol. The first-order valence-corrected chi connectivity index (χ1v) is 5.89. The molecule has 0 saturated carbocycles. The third-order valence-electron chi connectivity index (χ3n) is 2.97. The lowest BCUT2D eigenvalue weighted by Gasteiger charge is -2.24. The zero-order valence-corrected chi connectivity index (χ0v) is 10.2. The number of carboxylic acid groups (broad SMARTS) is 1. The molecule has 1 amide bonds. The number of β-amino-alcohol motifs (C(OH)–C–C–N with tert-alkyl or cyclic N) is 1. The molecular weight excluding hydrogens is 224 g/mol. The van der Waals surface area contributed by atoms with Crippen molar-refractivity contribution in [2.24, 2.45) is 5.92 Å². The summed E-state index contributed by atoms with van der Waals surface area (Å²) in [6, 6.07) is -0.887. The summed E-state index contributed by atoms with van der Waals surface area (Å²) in [4.78, 5) is 24.3. The number of nitrogens with zero attached hydrogens (tertiary/aromatic N) is 1. The Morgan fingerprint density at radius 3 is 2.71 bits per heavy atom. The molecule has 1 aliphatic heterocycles. The van der Waals surface area contributed by atoms with Crippen LogP contribution in [-0.2, 0) is 9.59 Å². The van der Waals surface area contributed by atoms with Gasteiger partial charge in [0, 0.05) is 25.4 Å². The molecule has 1 fully saturated rings. The van der Waals surface area contributed by atoms with E-state index in [1.54, 1.807) is 6.92 Å². The van der Waals surface area contributed by atoms with Gasteiger partial charge < -0.3 is 20.4 Å². The van der Waals surface area contributed by atoms with Gasteiger partial charge in [0.1, 0.15) is 6.04 Å². The number of aliphatic hydroxyl groups is 1. The first-order chi connectivity index (χ1) is 7.97. The Hall–Kier alpha value is -1.14. The molecule has 0 aromatic rings. The Bertz CT molecular complexity index is 295. The van der Waals surface area contributed by atoms with Crippen LogP contribution < -0.4 is 5.32 Å². The SMILES string of the molecule is CCNCC(C)C(=O)N1C[C@H](O)C[C@@H]1C(=O)O. The Labute approximate surface area is 101 Å². The van der Waals surface area contributed by atoms with E-state index in [4.69, 9.17) is 5.11 Å². The first-order valence-electron chi connectivity index (χ1n) is 5.89. The van der Waals surface area contributed by atoms with E-state index in [-0.39, 0.29) is 24.8 Å². The maximum atomic E-state index is 12.0. The first kappa shape index (κ1) is 13.9. The second-order valence-corrected chi connectivity index (χ2v) is 4.44. The van der Waals surface area contributed by atoms with Gasteiger partial charge in [0.2, 0.25) is 5.91 Å². The van der Waals surface area contributed by atoms with E-state index in [0.717, 1.165) is 6.54 Å². The standard InChI is InChI=1S/C11H20N2O4/c1-3-12-5-7(2)10(15)13-6-8(14)4-9(13)11(16)17/h7-9,12,14H,3-6H2,1-2H3,(H,16,17)/t7?,8-,9-/m1/s1. The summed E-state index contributed by atoms with van der Waals surface area (Å²) in [5, 5.41) is 21.5. The molecule has 0 radical (unpaired) electrons. The van der Waals surface area contributed by atoms with E-state index in [9.17, 15) is 14.7 Å². The van der Waals surface area contributed by atoms with Crippen LogP contribution in [0, 0.1) is 5.92 Å². The van der Waals surface area contributed by atoms with Crippen LogP contribution in [0.3, 0.4) is 0 Å². The molecule has 17 heavy (non-hydrogen) atoms. The molecule has 3 N–H and O–H groups in total. The molecule has 6 heteroatoms. The Balaban J connectivity index is 2.63. The lowest BCUT2D eigenvalue weighted by molar-refractivity contribution is -0.149. The summed E-state index contributed by atoms with van der Waals surface area (Å²) >= 11 is 0. The van der Waals surface area contributed by atoms with Crippen LogP contribution in [-0.4, -0.2) is 58.8 Å². The van der Waals surface area contributed by atoms with Gasteiger partial charge in [-0.05, 0) is 6.54 Å². The smallest absolute Gasteiger partial charge is 0.326 e. The van der Waals surface area contributed by atoms with Crippen LogP contribution in [0.1, 0.15) is 20.3 Å². The van der Waals surface area contributed by atoms with Crippen molar-refractivity contribution < 1.29 is 19.8 Å². The molecule has 98 valence electrons. The molecule has 0 aliphatic carbocycles. The average Bonchev–Trinajstić information content (AvgIpc) is 2.67. The summed E-state index contributed by atoms with van der Waals surface area (Å²) in [7, 11) is 0. The van der Waals surface area contributed by atoms with Gasteiger partial charge in [0.15, 0.2) is 0 Å². The Kier molecular flexibility index (Phi) is 4.89. The third-order valence-corrected chi connectivity index (χ3v) is 2.97. The zero-order valence-electron chi connectivity index (χ0n) is 10.2. The van der Waals surface area contributed by atoms with Crippen LogP contribution in [0.15, 0.2) is 0 Å². The molecule has 0 spiro atoms. The number of hydrogen-bond acceptors (Lipinski definition) is 4. The molecule has 1 unspecified atom stereocenters. The average molecular weight is 244 g/mol. The molecule has 6 nitrogen and oxygen atoms in total. The van der Waals surface area contributed by atoms with Crippen molar-refractivity contribution in [2.45, 2.75) is 32.4 Å². The van der Waals surface area contributed by atoms with Gasteiger partial charge in [-0.15, -0.1) is 0 Å². The van der Waals surface area contributed by atoms with Crippen molar-refractivity contribution in [1.29, 1.82) is 0 Å². The number of carbonyl (C=O) groups excluding carboxylic acids is 1. The fraction of sp³-hybridized carbons (Fsp3) is 0.818. The number of rotatable bonds is 5. The molecule has 1 rings (SSSR count). The van der Waals surface area contributed by atoms with Gasteiger partial charge in [0.25, 0.3) is 0 Å². The van der Waals surface area contributed by atoms with Gasteiger partial charge in [-0.3, -0.25) is 4.79 Å². The van der Waals surface area contributed by atoms with Gasteiger partial charge in [-0.25, -0.2) is 4.79 Å². The van der Waals surface area contributed by atoms with E-state index in [1.165, 1.54) is 4.90 Å². The largest absolute Gasteiger partial charge is 0.480 e. The third kappa shape index (κ3) is 3.41. The highest BCUT2D eigenvalue weighted by Gasteiger charge is 2.39. The molecule has 0 bridgehead atoms. The number of nitrogens with one attached hydrogen (secondary N) is 1. The molecule has 1 saturated heterocycles. The van der Waals surface area contributed by atoms with Crippen molar-refractivity contribution in [3.8, 4) is 0 Å². The van der Waals surface area contributed by atoms with Crippen LogP contribution in [0.5, 0.6) is 0 Å². The maximum Gasteiger partial charge on any atom is 0.326 e. The van der Waals surface area contributed by atoms with Crippen LogP contribution in [0.2, 0.25) is 0 Å². The minimum atomic E-state index is -1.05. The summed E-state index contributed by atoms with van der Waals surface area (Å²) in [5.41, 5.74) is 0. The highest BCUT2D eigenvalue weighted by molar-refractivity contribution is 5.85. The molecule has 1 heterocycles. The second kappa shape index (κ2) is 5.97. The van der Waals surface area contributed by atoms with Gasteiger partial charge >= 0.3 is 5.97 Å². The number of aliphatic hydroxyl groups excluding tert-OH is 1. The van der Waals surface area contributed by atoms with E-state index < -0.39 is 18.1 Å². The second-order valence-electron chi connectivity index (χ2n) is 4.44. The number of carbonyl (C=O) groups is 2. The normalized spacial score (nSPS) is 25.9. The van der Waals surface area contributed by atoms with E-state index >= 15 is 0 Å². The predicted octanol–water partition coefficient (Wildman–Crippen LogP) is -0.722. The summed E-state index contributed by atoms with van der Waals surface area (Å²) < 4.78 is 0. The van der Waals surface area contributed by atoms with E-state index in [2.05, 4.69) is 5.32 Å². The molecule has 0 aromatic carbocycles. The number of hydrogen-bond donors (Lipinski definition) is 3. The van der Waals surface area contributed by atoms with Crippen LogP contribution >= 0.6 is 0 Å². The van der Waals surface area contributed by atoms with Gasteiger partial charge in [-0.1, -0.05) is 13.8 Å². The molecular formula is C11H20N2O4. The Morgan fingerprint density at radius 1 is 1.53 bits per heavy atom. The summed E-state index contributed by atoms with van der Waals surface area (Å²) in [5.74, 6) is -1.54. The number of carboxylic acids is 1. The van der Waals surface area contributed by atoms with E-state index in [0.29, 0.717) is 6.54 Å². The summed E-state index contributed by atoms with van der Waals surface area (Å²) in [6.07, 6.45) is -0.610. The van der Waals surface area contributed by atoms with Gasteiger partial charge in [0.05, 0.1) is 6.10 Å². The minimum Gasteiger partial charge on any atom is -0.480 e. The molecule has 1 aliphatic rings. The number of aliphatic carboxylic acids is 1. The molecule has 3 atom stereocenters. The predicted molar refractivity (Wildman–Crippen MR) is 61.5 cm³/mol. The zero-order chi connectivity index (χ0) is 13.0. The maximum absolute atomic E-state index is 12.0. The van der Waals surface area contributed by atoms with Crippen molar-refractivity contribution in [1.82, 2.24) is 10.2 Å². The van der Waals surface area contributed by atoms with Crippen molar-refractivity contribution >= 4 is 11.9 Å². The van der Waals surface area contributed by atoms with Crippen molar-refractivity contribution in [2.75, 3.05) is 19.6 Å². The molecule has 0 aromatic heterocycles. The van der Waals surface area contributed by atoms with Crippen LogP contribution in [0.4, 0.5) is 0 Å². The Morgan fingerprint density at radius 2 is 2.18 bits per heavy atom. The fourth-order valence-corrected chi connectivity index (χ4v) is 2.02. The topological polar surface area (TPSA) is 89.9 Å². The van der Waals surface area contributed by atoms with E-state index in [1.807, 2.05) is 6.92 Å². The van der Waals surface area contributed by atoms with Crippen molar-refractivity contribution in [3.05, 3.63) is 0 Å². The summed E-state index contributed by atoms with van der Waals surface area (Å²) in [6.45, 7) is 5.11. The lowest BCUT2D eigenvalue weighted by atomic mass is 10.1. The number of likely N-dealkylation sites (tertiary alicyclic amines) is 1. The minimum absolute atomic E-state index is 0.117. The number of amides is 1. The lowest BCUT2D eigenvalue weighted by Crippen LogP contribution is -2.45. The highest BCUT2D eigenvalue weighted by Crippen LogP contribution is 2.20. The quantitative estimate of drug-likeness (QED) is 0.594. The van der Waals surface area contributed by atoms with Gasteiger partial charge in [-0.2, -0.15) is 0 Å². The van der Waals surface area contributed by atoms with Crippen molar-refractivity contribution in [3.63, 3.8) is 0 Å². The van der Waals surface area contributed by atoms with Crippen LogP contribution in [0.25, 0.3) is 0 Å². The fourth-order valence-electron chi connectivity index (χ4n) is 2.02. The highest BCUT2D eigenvalue weighted by atomic mass is 16.4.